The molecule has 7 nitrogen and oxygen atoms in total. The van der Waals surface area contributed by atoms with Crippen molar-refractivity contribution in [2.24, 2.45) is 0 Å². The lowest BCUT2D eigenvalue weighted by Gasteiger charge is -2.28. The van der Waals surface area contributed by atoms with Gasteiger partial charge in [-0.15, -0.1) is 0 Å². The summed E-state index contributed by atoms with van der Waals surface area (Å²) in [5.41, 5.74) is 0.973. The summed E-state index contributed by atoms with van der Waals surface area (Å²) >= 11 is 0. The van der Waals surface area contributed by atoms with Crippen LogP contribution in [0.5, 0.6) is 11.5 Å². The van der Waals surface area contributed by atoms with E-state index < -0.39 is 15.9 Å². The summed E-state index contributed by atoms with van der Waals surface area (Å²) in [5.74, 6) is 0.786. The average molecular weight is 409 g/mol. The molecule has 2 heterocycles. The van der Waals surface area contributed by atoms with Crippen LogP contribution in [0.15, 0.2) is 24.3 Å². The maximum Gasteiger partial charge on any atom is 0.258 e. The van der Waals surface area contributed by atoms with Crippen LogP contribution in [0.1, 0.15) is 25.3 Å². The summed E-state index contributed by atoms with van der Waals surface area (Å²) in [6.07, 6.45) is 6.01. The van der Waals surface area contributed by atoms with E-state index in [9.17, 15) is 13.2 Å². The lowest BCUT2D eigenvalue weighted by Crippen LogP contribution is -2.51. The highest BCUT2D eigenvalue weighted by atomic mass is 32.2. The van der Waals surface area contributed by atoms with E-state index in [0.29, 0.717) is 11.5 Å². The van der Waals surface area contributed by atoms with Crippen molar-refractivity contribution in [3.63, 3.8) is 0 Å². The van der Waals surface area contributed by atoms with Crippen LogP contribution in [0.3, 0.4) is 0 Å². The van der Waals surface area contributed by atoms with Gasteiger partial charge in [-0.3, -0.25) is 9.69 Å². The molecule has 2 aliphatic heterocycles. The van der Waals surface area contributed by atoms with Gasteiger partial charge < -0.3 is 14.8 Å². The van der Waals surface area contributed by atoms with Gasteiger partial charge in [0.2, 0.25) is 0 Å². The number of nitrogens with zero attached hydrogens (tertiary/aromatic N) is 1. The number of ether oxygens (including phenoxy) is 2. The number of allylic oxidation sites excluding steroid dienone is 1. The van der Waals surface area contributed by atoms with Gasteiger partial charge in [-0.25, -0.2) is 8.42 Å². The van der Waals surface area contributed by atoms with Gasteiger partial charge >= 0.3 is 0 Å². The molecule has 1 aromatic carbocycles. The van der Waals surface area contributed by atoms with Crippen LogP contribution in [0.25, 0.3) is 6.08 Å². The van der Waals surface area contributed by atoms with Gasteiger partial charge in [0.15, 0.2) is 27.9 Å². The highest BCUT2D eigenvalue weighted by Gasteiger charge is 2.42. The van der Waals surface area contributed by atoms with E-state index in [2.05, 4.69) is 10.2 Å². The minimum absolute atomic E-state index is 0.0126. The highest BCUT2D eigenvalue weighted by molar-refractivity contribution is 7.91. The van der Waals surface area contributed by atoms with E-state index in [-0.39, 0.29) is 30.1 Å². The monoisotopic (exact) mass is 408 g/mol. The van der Waals surface area contributed by atoms with Crippen molar-refractivity contribution < 1.29 is 22.7 Å². The van der Waals surface area contributed by atoms with Gasteiger partial charge in [0, 0.05) is 6.04 Å². The number of rotatable bonds is 7. The zero-order valence-corrected chi connectivity index (χ0v) is 17.2. The Kier molecular flexibility index (Phi) is 6.61. The van der Waals surface area contributed by atoms with E-state index in [0.717, 1.165) is 31.5 Å². The molecule has 8 heteroatoms. The first-order chi connectivity index (χ1) is 13.4. The van der Waals surface area contributed by atoms with E-state index in [1.165, 1.54) is 0 Å². The number of carbonyl (C=O) groups excluding carboxylic acids is 1. The molecule has 1 N–H and O–H groups in total. The Hall–Kier alpha value is -2.06. The van der Waals surface area contributed by atoms with Crippen LogP contribution in [0, 0.1) is 0 Å². The third-order valence-electron chi connectivity index (χ3n) is 5.18. The number of likely N-dealkylation sites (tertiary alicyclic amines) is 1. The lowest BCUT2D eigenvalue weighted by molar-refractivity contribution is -0.124. The first kappa shape index (κ1) is 20.7. The third-order valence-corrected chi connectivity index (χ3v) is 6.90. The predicted molar refractivity (Wildman–Crippen MR) is 108 cm³/mol. The molecule has 28 heavy (non-hydrogen) atoms. The number of nitrogens with one attached hydrogen (secondary N) is 1. The molecule has 2 aliphatic rings. The molecule has 0 radical (unpaired) electrons. The Bertz CT molecular complexity index is 831. The molecule has 0 saturated carbocycles. The number of sulfone groups is 1. The number of carbonyl (C=O) groups is 1. The van der Waals surface area contributed by atoms with Crippen molar-refractivity contribution >= 4 is 21.8 Å². The molecule has 2 atom stereocenters. The van der Waals surface area contributed by atoms with E-state index in [1.807, 2.05) is 31.2 Å². The third kappa shape index (κ3) is 5.05. The number of amides is 1. The van der Waals surface area contributed by atoms with Crippen LogP contribution in [0.2, 0.25) is 0 Å². The average Bonchev–Trinajstić information content (AvgIpc) is 3.28. The Morgan fingerprint density at radius 2 is 2.00 bits per heavy atom. The highest BCUT2D eigenvalue weighted by Crippen LogP contribution is 2.28. The summed E-state index contributed by atoms with van der Waals surface area (Å²) < 4.78 is 35.2. The normalized spacial score (nSPS) is 24.5. The standard InChI is InChI=1S/C20H28N2O5S/c1-3-6-15-7-8-18(19(11-15)26-2)27-12-20(23)21-16-13-28(24,25)14-17(16)22-9-4-5-10-22/h3,6-8,11,16-17H,4-5,9-10,12-14H2,1-2H3,(H,21,23)/b6-3+. The fraction of sp³-hybridized carbons (Fsp3) is 0.550. The largest absolute Gasteiger partial charge is 0.493 e. The molecule has 2 saturated heterocycles. The maximum absolute atomic E-state index is 12.4. The van der Waals surface area contributed by atoms with Crippen LogP contribution < -0.4 is 14.8 Å². The Morgan fingerprint density at radius 3 is 2.68 bits per heavy atom. The molecular formula is C20H28N2O5S. The SMILES string of the molecule is C/C=C/c1ccc(OCC(=O)NC2CS(=O)(=O)CC2N2CCCC2)c(OC)c1. The Morgan fingerprint density at radius 1 is 1.25 bits per heavy atom. The summed E-state index contributed by atoms with van der Waals surface area (Å²) in [6, 6.07) is 4.93. The maximum atomic E-state index is 12.4. The molecule has 3 rings (SSSR count). The molecule has 154 valence electrons. The fourth-order valence-corrected chi connectivity index (χ4v) is 5.84. The van der Waals surface area contributed by atoms with Crippen LogP contribution in [-0.2, 0) is 14.6 Å². The van der Waals surface area contributed by atoms with Gasteiger partial charge in [-0.2, -0.15) is 0 Å². The first-order valence-electron chi connectivity index (χ1n) is 9.59. The molecule has 0 aliphatic carbocycles. The molecule has 0 bridgehead atoms. The molecule has 2 unspecified atom stereocenters. The number of methoxy groups -OCH3 is 1. The number of benzene rings is 1. The predicted octanol–water partition coefficient (Wildman–Crippen LogP) is 1.48. The summed E-state index contributed by atoms with van der Waals surface area (Å²) in [5, 5.41) is 2.86. The van der Waals surface area contributed by atoms with Crippen molar-refractivity contribution in [2.75, 3.05) is 38.3 Å². The Labute approximate surface area is 166 Å². The van der Waals surface area contributed by atoms with Crippen LogP contribution >= 0.6 is 0 Å². The van der Waals surface area contributed by atoms with Crippen molar-refractivity contribution in [2.45, 2.75) is 31.8 Å². The number of hydrogen-bond acceptors (Lipinski definition) is 6. The minimum Gasteiger partial charge on any atom is -0.493 e. The smallest absolute Gasteiger partial charge is 0.258 e. The molecule has 0 spiro atoms. The molecule has 2 fully saturated rings. The second-order valence-electron chi connectivity index (χ2n) is 7.26. The zero-order chi connectivity index (χ0) is 20.1. The van der Waals surface area contributed by atoms with Gasteiger partial charge in [0.1, 0.15) is 0 Å². The molecule has 0 aromatic heterocycles. The zero-order valence-electron chi connectivity index (χ0n) is 16.4. The van der Waals surface area contributed by atoms with Gasteiger partial charge in [0.05, 0.1) is 24.7 Å². The van der Waals surface area contributed by atoms with Crippen LogP contribution in [-0.4, -0.2) is 69.6 Å². The van der Waals surface area contributed by atoms with Crippen molar-refractivity contribution in [3.05, 3.63) is 29.8 Å². The lowest BCUT2D eigenvalue weighted by atomic mass is 10.1. The molecule has 1 amide bonds. The Balaban J connectivity index is 1.60. The summed E-state index contributed by atoms with van der Waals surface area (Å²) in [4.78, 5) is 14.6. The van der Waals surface area contributed by atoms with Crippen molar-refractivity contribution in [1.29, 1.82) is 0 Å². The summed E-state index contributed by atoms with van der Waals surface area (Å²) in [7, 11) is -1.59. The fourth-order valence-electron chi connectivity index (χ4n) is 3.89. The molecule has 1 aromatic rings. The van der Waals surface area contributed by atoms with E-state index in [4.69, 9.17) is 9.47 Å². The van der Waals surface area contributed by atoms with Gasteiger partial charge in [-0.05, 0) is 50.6 Å². The minimum atomic E-state index is -3.14. The van der Waals surface area contributed by atoms with E-state index in [1.54, 1.807) is 13.2 Å². The number of hydrogen-bond donors (Lipinski definition) is 1. The van der Waals surface area contributed by atoms with Crippen molar-refractivity contribution in [3.8, 4) is 11.5 Å². The summed E-state index contributed by atoms with van der Waals surface area (Å²) in [6.45, 7) is 3.51. The second-order valence-corrected chi connectivity index (χ2v) is 9.41. The first-order valence-corrected chi connectivity index (χ1v) is 11.4. The topological polar surface area (TPSA) is 84.9 Å². The molecular weight excluding hydrogens is 380 g/mol. The van der Waals surface area contributed by atoms with Crippen molar-refractivity contribution in [1.82, 2.24) is 10.2 Å². The van der Waals surface area contributed by atoms with Crippen LogP contribution in [0.4, 0.5) is 0 Å². The van der Waals surface area contributed by atoms with Gasteiger partial charge in [0.25, 0.3) is 5.91 Å². The quantitative estimate of drug-likeness (QED) is 0.736. The second kappa shape index (κ2) is 8.96. The van der Waals surface area contributed by atoms with Gasteiger partial charge in [-0.1, -0.05) is 18.2 Å². The van der Waals surface area contributed by atoms with E-state index >= 15 is 0 Å².